The fourth-order valence-corrected chi connectivity index (χ4v) is 3.28. The Morgan fingerprint density at radius 1 is 1.08 bits per heavy atom. The standard InChI is InChI=1S/C20H20ClN3O/c1-12-8-13(2)18(14(3)9-12)19-23-10-17(22)20(25)24(19)11-15-4-6-16(21)7-5-15/h4-10H,11,22H2,1-3H3. The molecule has 3 aromatic rings. The number of benzene rings is 2. The number of hydrogen-bond donors (Lipinski definition) is 1. The number of hydrogen-bond acceptors (Lipinski definition) is 3. The van der Waals surface area contributed by atoms with Gasteiger partial charge in [0.15, 0.2) is 0 Å². The van der Waals surface area contributed by atoms with Gasteiger partial charge in [0.05, 0.1) is 12.7 Å². The minimum Gasteiger partial charge on any atom is -0.393 e. The summed E-state index contributed by atoms with van der Waals surface area (Å²) < 4.78 is 1.63. The first-order chi connectivity index (χ1) is 11.9. The summed E-state index contributed by atoms with van der Waals surface area (Å²) in [5.41, 5.74) is 11.0. The van der Waals surface area contributed by atoms with Gasteiger partial charge in [-0.1, -0.05) is 41.4 Å². The molecule has 0 unspecified atom stereocenters. The van der Waals surface area contributed by atoms with Crippen LogP contribution in [-0.2, 0) is 6.54 Å². The average molecular weight is 354 g/mol. The zero-order chi connectivity index (χ0) is 18.1. The van der Waals surface area contributed by atoms with Crippen LogP contribution in [-0.4, -0.2) is 9.55 Å². The van der Waals surface area contributed by atoms with Crippen LogP contribution >= 0.6 is 11.6 Å². The largest absolute Gasteiger partial charge is 0.393 e. The molecule has 0 aliphatic heterocycles. The van der Waals surface area contributed by atoms with Gasteiger partial charge in [0, 0.05) is 10.6 Å². The van der Waals surface area contributed by atoms with E-state index in [1.165, 1.54) is 11.8 Å². The molecule has 0 fully saturated rings. The predicted octanol–water partition coefficient (Wildman–Crippen LogP) is 4.12. The lowest BCUT2D eigenvalue weighted by molar-refractivity contribution is 0.749. The van der Waals surface area contributed by atoms with E-state index in [2.05, 4.69) is 24.0 Å². The van der Waals surface area contributed by atoms with E-state index in [1.54, 1.807) is 4.57 Å². The summed E-state index contributed by atoms with van der Waals surface area (Å²) in [4.78, 5) is 17.2. The van der Waals surface area contributed by atoms with Crippen molar-refractivity contribution in [1.29, 1.82) is 0 Å². The second-order valence-electron chi connectivity index (χ2n) is 6.33. The van der Waals surface area contributed by atoms with Crippen molar-refractivity contribution < 1.29 is 0 Å². The molecule has 0 amide bonds. The third kappa shape index (κ3) is 3.44. The molecule has 0 spiro atoms. The van der Waals surface area contributed by atoms with Crippen molar-refractivity contribution in [3.63, 3.8) is 0 Å². The molecule has 2 aromatic carbocycles. The van der Waals surface area contributed by atoms with Crippen molar-refractivity contribution in [2.24, 2.45) is 0 Å². The maximum Gasteiger partial charge on any atom is 0.277 e. The van der Waals surface area contributed by atoms with Gasteiger partial charge in [-0.2, -0.15) is 0 Å². The van der Waals surface area contributed by atoms with Crippen LogP contribution in [0.4, 0.5) is 5.69 Å². The Morgan fingerprint density at radius 3 is 2.28 bits per heavy atom. The molecule has 0 saturated carbocycles. The summed E-state index contributed by atoms with van der Waals surface area (Å²) >= 11 is 5.95. The molecule has 0 saturated heterocycles. The average Bonchev–Trinajstić information content (AvgIpc) is 2.55. The van der Waals surface area contributed by atoms with Crippen LogP contribution < -0.4 is 11.3 Å². The number of anilines is 1. The second kappa shape index (κ2) is 6.73. The maximum absolute atomic E-state index is 12.7. The van der Waals surface area contributed by atoms with Gasteiger partial charge in [0.25, 0.3) is 5.56 Å². The first kappa shape index (κ1) is 17.2. The van der Waals surface area contributed by atoms with Gasteiger partial charge >= 0.3 is 0 Å². The summed E-state index contributed by atoms with van der Waals surface area (Å²) in [6, 6.07) is 11.6. The summed E-state index contributed by atoms with van der Waals surface area (Å²) in [7, 11) is 0. The molecule has 128 valence electrons. The molecule has 3 rings (SSSR count). The molecule has 1 heterocycles. The van der Waals surface area contributed by atoms with Crippen LogP contribution in [0.25, 0.3) is 11.4 Å². The number of nitrogens with two attached hydrogens (primary N) is 1. The minimum absolute atomic E-state index is 0.139. The van der Waals surface area contributed by atoms with Crippen molar-refractivity contribution in [3.05, 3.63) is 80.2 Å². The summed E-state index contributed by atoms with van der Waals surface area (Å²) in [6.07, 6.45) is 1.44. The van der Waals surface area contributed by atoms with Gasteiger partial charge in [-0.25, -0.2) is 4.98 Å². The van der Waals surface area contributed by atoms with E-state index in [0.717, 1.165) is 22.3 Å². The van der Waals surface area contributed by atoms with Crippen LogP contribution in [0.2, 0.25) is 5.02 Å². The lowest BCUT2D eigenvalue weighted by Crippen LogP contribution is -2.26. The third-order valence-electron chi connectivity index (χ3n) is 4.23. The first-order valence-corrected chi connectivity index (χ1v) is 8.42. The van der Waals surface area contributed by atoms with E-state index in [9.17, 15) is 4.79 Å². The molecular formula is C20H20ClN3O. The maximum atomic E-state index is 12.7. The number of nitrogens with zero attached hydrogens (tertiary/aromatic N) is 2. The quantitative estimate of drug-likeness (QED) is 0.770. The third-order valence-corrected chi connectivity index (χ3v) is 4.48. The smallest absolute Gasteiger partial charge is 0.277 e. The number of aryl methyl sites for hydroxylation is 3. The Balaban J connectivity index is 2.20. The van der Waals surface area contributed by atoms with Crippen LogP contribution in [0, 0.1) is 20.8 Å². The van der Waals surface area contributed by atoms with Crippen molar-refractivity contribution in [2.75, 3.05) is 5.73 Å². The van der Waals surface area contributed by atoms with Gasteiger partial charge < -0.3 is 5.73 Å². The molecule has 5 heteroatoms. The molecule has 0 atom stereocenters. The van der Waals surface area contributed by atoms with Crippen molar-refractivity contribution >= 4 is 17.3 Å². The fraction of sp³-hybridized carbons (Fsp3) is 0.200. The van der Waals surface area contributed by atoms with E-state index < -0.39 is 0 Å². The Labute approximate surface area is 151 Å². The predicted molar refractivity (Wildman–Crippen MR) is 103 cm³/mol. The van der Waals surface area contributed by atoms with Crippen LogP contribution in [0.15, 0.2) is 47.4 Å². The van der Waals surface area contributed by atoms with Crippen molar-refractivity contribution in [3.8, 4) is 11.4 Å². The normalized spacial score (nSPS) is 10.9. The Bertz CT molecular complexity index is 968. The van der Waals surface area contributed by atoms with Crippen LogP contribution in [0.5, 0.6) is 0 Å². The highest BCUT2D eigenvalue weighted by Gasteiger charge is 2.15. The van der Waals surface area contributed by atoms with E-state index in [4.69, 9.17) is 17.3 Å². The van der Waals surface area contributed by atoms with Crippen molar-refractivity contribution in [1.82, 2.24) is 9.55 Å². The Kier molecular flexibility index (Phi) is 4.64. The molecule has 0 bridgehead atoms. The van der Waals surface area contributed by atoms with Crippen LogP contribution in [0.3, 0.4) is 0 Å². The van der Waals surface area contributed by atoms with Gasteiger partial charge in [-0.3, -0.25) is 9.36 Å². The molecule has 0 aliphatic rings. The molecule has 2 N–H and O–H groups in total. The van der Waals surface area contributed by atoms with Crippen molar-refractivity contribution in [2.45, 2.75) is 27.3 Å². The van der Waals surface area contributed by atoms with E-state index in [-0.39, 0.29) is 11.2 Å². The zero-order valence-electron chi connectivity index (χ0n) is 14.5. The minimum atomic E-state index is -0.237. The SMILES string of the molecule is Cc1cc(C)c(-c2ncc(N)c(=O)n2Cc2ccc(Cl)cc2)c(C)c1. The molecule has 1 aromatic heterocycles. The summed E-state index contributed by atoms with van der Waals surface area (Å²) in [5, 5.41) is 0.659. The second-order valence-corrected chi connectivity index (χ2v) is 6.77. The highest BCUT2D eigenvalue weighted by molar-refractivity contribution is 6.30. The Hall–Kier alpha value is -2.59. The Morgan fingerprint density at radius 2 is 1.68 bits per heavy atom. The van der Waals surface area contributed by atoms with E-state index in [1.807, 2.05) is 38.1 Å². The molecule has 4 nitrogen and oxygen atoms in total. The first-order valence-electron chi connectivity index (χ1n) is 8.05. The summed E-state index contributed by atoms with van der Waals surface area (Å²) in [5.74, 6) is 0.629. The van der Waals surface area contributed by atoms with Gasteiger partial charge in [-0.05, 0) is 49.6 Å². The topological polar surface area (TPSA) is 60.9 Å². The lowest BCUT2D eigenvalue weighted by Gasteiger charge is -2.17. The highest BCUT2D eigenvalue weighted by atomic mass is 35.5. The summed E-state index contributed by atoms with van der Waals surface area (Å²) in [6.45, 7) is 6.51. The van der Waals surface area contributed by atoms with Crippen LogP contribution in [0.1, 0.15) is 22.3 Å². The fourth-order valence-electron chi connectivity index (χ4n) is 3.16. The molecular weight excluding hydrogens is 334 g/mol. The molecule has 0 radical (unpaired) electrons. The number of rotatable bonds is 3. The number of nitrogen functional groups attached to an aromatic ring is 1. The van der Waals surface area contributed by atoms with Gasteiger partial charge in [0.1, 0.15) is 11.5 Å². The number of aromatic nitrogens is 2. The van der Waals surface area contributed by atoms with Gasteiger partial charge in [-0.15, -0.1) is 0 Å². The lowest BCUT2D eigenvalue weighted by atomic mass is 9.99. The zero-order valence-corrected chi connectivity index (χ0v) is 15.3. The molecule has 25 heavy (non-hydrogen) atoms. The number of halogens is 1. The molecule has 0 aliphatic carbocycles. The highest BCUT2D eigenvalue weighted by Crippen LogP contribution is 2.27. The van der Waals surface area contributed by atoms with E-state index in [0.29, 0.717) is 17.4 Å². The van der Waals surface area contributed by atoms with Gasteiger partial charge in [0.2, 0.25) is 0 Å². The monoisotopic (exact) mass is 353 g/mol. The van der Waals surface area contributed by atoms with E-state index >= 15 is 0 Å².